The van der Waals surface area contributed by atoms with Crippen molar-refractivity contribution in [3.63, 3.8) is 0 Å². The van der Waals surface area contributed by atoms with Gasteiger partial charge in [-0.25, -0.2) is 0 Å². The van der Waals surface area contributed by atoms with E-state index < -0.39 is 0 Å². The van der Waals surface area contributed by atoms with Gasteiger partial charge in [-0.05, 0) is 31.5 Å². The first-order valence-corrected chi connectivity index (χ1v) is 5.67. The van der Waals surface area contributed by atoms with Gasteiger partial charge in [0.1, 0.15) is 0 Å². The van der Waals surface area contributed by atoms with Gasteiger partial charge in [-0.3, -0.25) is 9.78 Å². The molecule has 2 rings (SSSR count). The van der Waals surface area contributed by atoms with Crippen LogP contribution in [0.2, 0.25) is 0 Å². The van der Waals surface area contributed by atoms with Crippen LogP contribution in [0.15, 0.2) is 42.6 Å². The average molecular weight is 225 g/mol. The van der Waals surface area contributed by atoms with Gasteiger partial charge in [0.2, 0.25) is 0 Å². The molecule has 2 nitrogen and oxygen atoms in total. The van der Waals surface area contributed by atoms with E-state index >= 15 is 0 Å². The second kappa shape index (κ2) is 4.91. The molecule has 0 saturated heterocycles. The van der Waals surface area contributed by atoms with E-state index in [2.05, 4.69) is 4.98 Å². The molecular weight excluding hydrogens is 210 g/mol. The van der Waals surface area contributed by atoms with Crippen LogP contribution in [0.25, 0.3) is 0 Å². The third-order valence-corrected chi connectivity index (χ3v) is 2.79. The van der Waals surface area contributed by atoms with E-state index in [-0.39, 0.29) is 5.78 Å². The van der Waals surface area contributed by atoms with E-state index in [1.807, 2.05) is 44.2 Å². The van der Waals surface area contributed by atoms with Gasteiger partial charge in [0, 0.05) is 23.9 Å². The Balaban J connectivity index is 2.17. The summed E-state index contributed by atoms with van der Waals surface area (Å²) in [4.78, 5) is 16.2. The highest BCUT2D eigenvalue weighted by atomic mass is 16.1. The fourth-order valence-corrected chi connectivity index (χ4v) is 1.77. The molecule has 0 aliphatic carbocycles. The lowest BCUT2D eigenvalue weighted by atomic mass is 10.0. The summed E-state index contributed by atoms with van der Waals surface area (Å²) in [6.45, 7) is 3.90. The van der Waals surface area contributed by atoms with Gasteiger partial charge in [-0.15, -0.1) is 0 Å². The predicted octanol–water partition coefficient (Wildman–Crippen LogP) is 3.12. The van der Waals surface area contributed by atoms with Crippen LogP contribution in [-0.2, 0) is 6.42 Å². The van der Waals surface area contributed by atoms with E-state index in [4.69, 9.17) is 0 Å². The molecule has 0 N–H and O–H groups in total. The molecule has 0 aliphatic heterocycles. The Morgan fingerprint density at radius 2 is 1.82 bits per heavy atom. The van der Waals surface area contributed by atoms with Gasteiger partial charge in [0.25, 0.3) is 0 Å². The summed E-state index contributed by atoms with van der Waals surface area (Å²) in [5.74, 6) is 0.124. The summed E-state index contributed by atoms with van der Waals surface area (Å²) in [5, 5.41) is 0. The molecule has 0 spiro atoms. The first-order valence-electron chi connectivity index (χ1n) is 5.67. The Labute approximate surface area is 101 Å². The third kappa shape index (κ3) is 2.78. The standard InChI is InChI=1S/C15H15NO/c1-11-5-7-13(8-6-11)10-15(17)14-4-3-9-16-12(14)2/h3-9H,10H2,1-2H3. The van der Waals surface area contributed by atoms with Crippen molar-refractivity contribution in [3.8, 4) is 0 Å². The topological polar surface area (TPSA) is 30.0 Å². The summed E-state index contributed by atoms with van der Waals surface area (Å²) >= 11 is 0. The van der Waals surface area contributed by atoms with Crippen molar-refractivity contribution in [2.24, 2.45) is 0 Å². The van der Waals surface area contributed by atoms with Crippen LogP contribution >= 0.6 is 0 Å². The zero-order valence-corrected chi connectivity index (χ0v) is 10.1. The monoisotopic (exact) mass is 225 g/mol. The fourth-order valence-electron chi connectivity index (χ4n) is 1.77. The van der Waals surface area contributed by atoms with Crippen LogP contribution < -0.4 is 0 Å². The lowest BCUT2D eigenvalue weighted by molar-refractivity contribution is 0.0992. The highest BCUT2D eigenvalue weighted by Crippen LogP contribution is 2.10. The quantitative estimate of drug-likeness (QED) is 0.751. The van der Waals surface area contributed by atoms with Crippen molar-refractivity contribution < 1.29 is 4.79 Å². The summed E-state index contributed by atoms with van der Waals surface area (Å²) < 4.78 is 0. The number of Topliss-reactive ketones (excluding diaryl/α,β-unsaturated/α-hetero) is 1. The molecule has 1 heterocycles. The van der Waals surface area contributed by atoms with Gasteiger partial charge < -0.3 is 0 Å². The van der Waals surface area contributed by atoms with Crippen LogP contribution in [0.3, 0.4) is 0 Å². The highest BCUT2D eigenvalue weighted by molar-refractivity contribution is 5.98. The summed E-state index contributed by atoms with van der Waals surface area (Å²) in [6, 6.07) is 11.7. The summed E-state index contributed by atoms with van der Waals surface area (Å²) in [7, 11) is 0. The molecule has 0 saturated carbocycles. The number of benzene rings is 1. The lowest BCUT2D eigenvalue weighted by Gasteiger charge is -2.04. The molecule has 2 heteroatoms. The molecule has 86 valence electrons. The number of hydrogen-bond donors (Lipinski definition) is 0. The zero-order valence-electron chi connectivity index (χ0n) is 10.1. The normalized spacial score (nSPS) is 10.2. The third-order valence-electron chi connectivity index (χ3n) is 2.79. The molecule has 17 heavy (non-hydrogen) atoms. The Morgan fingerprint density at radius 3 is 2.47 bits per heavy atom. The lowest BCUT2D eigenvalue weighted by Crippen LogP contribution is -2.06. The Hall–Kier alpha value is -1.96. The van der Waals surface area contributed by atoms with Crippen molar-refractivity contribution in [3.05, 3.63) is 65.0 Å². The molecule has 0 bridgehead atoms. The largest absolute Gasteiger partial charge is 0.294 e. The van der Waals surface area contributed by atoms with Crippen LogP contribution in [0.5, 0.6) is 0 Å². The van der Waals surface area contributed by atoms with E-state index in [1.165, 1.54) is 5.56 Å². The Bertz CT molecular complexity index is 529. The number of aryl methyl sites for hydroxylation is 2. The second-order valence-electron chi connectivity index (χ2n) is 4.22. The summed E-state index contributed by atoms with van der Waals surface area (Å²) in [5.41, 5.74) is 3.76. The number of rotatable bonds is 3. The number of carbonyl (C=O) groups is 1. The van der Waals surface area contributed by atoms with E-state index in [0.29, 0.717) is 12.0 Å². The van der Waals surface area contributed by atoms with Gasteiger partial charge in [-0.1, -0.05) is 29.8 Å². The maximum Gasteiger partial charge on any atom is 0.169 e. The number of aromatic nitrogens is 1. The van der Waals surface area contributed by atoms with Crippen molar-refractivity contribution in [1.82, 2.24) is 4.98 Å². The SMILES string of the molecule is Cc1ccc(CC(=O)c2cccnc2C)cc1. The number of nitrogens with zero attached hydrogens (tertiary/aromatic N) is 1. The first kappa shape index (κ1) is 11.5. The maximum absolute atomic E-state index is 12.1. The maximum atomic E-state index is 12.1. The van der Waals surface area contributed by atoms with Crippen LogP contribution in [0.1, 0.15) is 27.2 Å². The smallest absolute Gasteiger partial charge is 0.169 e. The minimum atomic E-state index is 0.124. The van der Waals surface area contributed by atoms with Gasteiger partial charge >= 0.3 is 0 Å². The van der Waals surface area contributed by atoms with Crippen molar-refractivity contribution in [2.45, 2.75) is 20.3 Å². The molecular formula is C15H15NO. The van der Waals surface area contributed by atoms with Gasteiger partial charge in [0.05, 0.1) is 0 Å². The molecule has 0 atom stereocenters. The zero-order chi connectivity index (χ0) is 12.3. The van der Waals surface area contributed by atoms with Crippen LogP contribution in [-0.4, -0.2) is 10.8 Å². The van der Waals surface area contributed by atoms with Crippen LogP contribution in [0.4, 0.5) is 0 Å². The van der Waals surface area contributed by atoms with Crippen molar-refractivity contribution in [1.29, 1.82) is 0 Å². The Kier molecular flexibility index (Phi) is 3.33. The predicted molar refractivity (Wildman–Crippen MR) is 68.2 cm³/mol. The molecule has 0 amide bonds. The van der Waals surface area contributed by atoms with Crippen molar-refractivity contribution >= 4 is 5.78 Å². The van der Waals surface area contributed by atoms with Gasteiger partial charge in [0.15, 0.2) is 5.78 Å². The number of pyridine rings is 1. The minimum Gasteiger partial charge on any atom is -0.294 e. The second-order valence-corrected chi connectivity index (χ2v) is 4.22. The molecule has 0 fully saturated rings. The first-order chi connectivity index (χ1) is 8.16. The molecule has 2 aromatic rings. The van der Waals surface area contributed by atoms with Crippen molar-refractivity contribution in [2.75, 3.05) is 0 Å². The van der Waals surface area contributed by atoms with Crippen LogP contribution in [0, 0.1) is 13.8 Å². The molecule has 1 aromatic heterocycles. The number of hydrogen-bond acceptors (Lipinski definition) is 2. The number of carbonyl (C=O) groups excluding carboxylic acids is 1. The molecule has 0 radical (unpaired) electrons. The molecule has 0 aliphatic rings. The highest BCUT2D eigenvalue weighted by Gasteiger charge is 2.09. The Morgan fingerprint density at radius 1 is 1.12 bits per heavy atom. The average Bonchev–Trinajstić information content (AvgIpc) is 2.32. The van der Waals surface area contributed by atoms with E-state index in [9.17, 15) is 4.79 Å². The minimum absolute atomic E-state index is 0.124. The van der Waals surface area contributed by atoms with E-state index in [1.54, 1.807) is 12.3 Å². The van der Waals surface area contributed by atoms with E-state index in [0.717, 1.165) is 11.3 Å². The molecule has 1 aromatic carbocycles. The fraction of sp³-hybridized carbons (Fsp3) is 0.200. The molecule has 0 unspecified atom stereocenters. The number of ketones is 1. The van der Waals surface area contributed by atoms with Gasteiger partial charge in [-0.2, -0.15) is 0 Å². The summed E-state index contributed by atoms with van der Waals surface area (Å²) in [6.07, 6.45) is 2.14.